The third-order valence-corrected chi connectivity index (χ3v) is 3.65. The standard InChI is InChI=1S/C15H18N2O3/c1-2-13(18)12-4-3-9-17(12)15(20)11-7-5-10(6-8-11)14(16)19/h5-8,12H,2-4,9H2,1H3,(H2,16,19)/t12-/m0/s1. The summed E-state index contributed by atoms with van der Waals surface area (Å²) < 4.78 is 0. The Balaban J connectivity index is 2.18. The molecule has 1 saturated heterocycles. The predicted molar refractivity (Wildman–Crippen MR) is 74.3 cm³/mol. The molecule has 0 saturated carbocycles. The van der Waals surface area contributed by atoms with Crippen molar-refractivity contribution >= 4 is 17.6 Å². The Hall–Kier alpha value is -2.17. The van der Waals surface area contributed by atoms with E-state index in [1.807, 2.05) is 6.92 Å². The summed E-state index contributed by atoms with van der Waals surface area (Å²) in [5.74, 6) is -0.584. The van der Waals surface area contributed by atoms with Crippen molar-refractivity contribution in [1.82, 2.24) is 4.90 Å². The smallest absolute Gasteiger partial charge is 0.254 e. The first-order valence-corrected chi connectivity index (χ1v) is 6.78. The van der Waals surface area contributed by atoms with E-state index in [9.17, 15) is 14.4 Å². The van der Waals surface area contributed by atoms with Gasteiger partial charge in [0.2, 0.25) is 5.91 Å². The van der Waals surface area contributed by atoms with Gasteiger partial charge in [0, 0.05) is 24.1 Å². The largest absolute Gasteiger partial charge is 0.366 e. The van der Waals surface area contributed by atoms with Crippen LogP contribution in [0.1, 0.15) is 46.9 Å². The Morgan fingerprint density at radius 2 is 1.80 bits per heavy atom. The highest BCUT2D eigenvalue weighted by Gasteiger charge is 2.33. The average molecular weight is 274 g/mol. The third kappa shape index (κ3) is 2.71. The maximum Gasteiger partial charge on any atom is 0.254 e. The lowest BCUT2D eigenvalue weighted by Crippen LogP contribution is -2.40. The topological polar surface area (TPSA) is 80.5 Å². The molecule has 0 spiro atoms. The number of rotatable bonds is 4. The highest BCUT2D eigenvalue weighted by atomic mass is 16.2. The second-order valence-corrected chi connectivity index (χ2v) is 4.92. The Kier molecular flexibility index (Phi) is 4.17. The molecule has 0 radical (unpaired) electrons. The first-order valence-electron chi connectivity index (χ1n) is 6.78. The number of likely N-dealkylation sites (tertiary alicyclic amines) is 1. The Labute approximate surface area is 117 Å². The van der Waals surface area contributed by atoms with Crippen LogP contribution in [0.2, 0.25) is 0 Å². The molecule has 106 valence electrons. The van der Waals surface area contributed by atoms with Crippen LogP contribution in [0.25, 0.3) is 0 Å². The molecule has 2 N–H and O–H groups in total. The normalized spacial score (nSPS) is 18.1. The molecule has 20 heavy (non-hydrogen) atoms. The summed E-state index contributed by atoms with van der Waals surface area (Å²) in [5, 5.41) is 0. The van der Waals surface area contributed by atoms with Gasteiger partial charge in [0.15, 0.2) is 5.78 Å². The monoisotopic (exact) mass is 274 g/mol. The summed E-state index contributed by atoms with van der Waals surface area (Å²) in [7, 11) is 0. The van der Waals surface area contributed by atoms with Gasteiger partial charge in [0.25, 0.3) is 5.91 Å². The number of carbonyl (C=O) groups excluding carboxylic acids is 3. The third-order valence-electron chi connectivity index (χ3n) is 3.65. The lowest BCUT2D eigenvalue weighted by Gasteiger charge is -2.23. The minimum atomic E-state index is -0.524. The van der Waals surface area contributed by atoms with E-state index in [2.05, 4.69) is 0 Å². The van der Waals surface area contributed by atoms with Crippen molar-refractivity contribution in [3.8, 4) is 0 Å². The molecular formula is C15H18N2O3. The number of ketones is 1. The van der Waals surface area contributed by atoms with Crippen molar-refractivity contribution in [1.29, 1.82) is 0 Å². The minimum Gasteiger partial charge on any atom is -0.366 e. The number of hydrogen-bond donors (Lipinski definition) is 1. The van der Waals surface area contributed by atoms with Crippen LogP contribution >= 0.6 is 0 Å². The van der Waals surface area contributed by atoms with E-state index in [0.29, 0.717) is 24.1 Å². The van der Waals surface area contributed by atoms with Crippen LogP contribution in [-0.2, 0) is 4.79 Å². The molecule has 5 heteroatoms. The molecule has 1 aliphatic heterocycles. The van der Waals surface area contributed by atoms with Crippen LogP contribution in [0.15, 0.2) is 24.3 Å². The van der Waals surface area contributed by atoms with Gasteiger partial charge in [-0.2, -0.15) is 0 Å². The lowest BCUT2D eigenvalue weighted by atomic mass is 10.1. The summed E-state index contributed by atoms with van der Waals surface area (Å²) >= 11 is 0. The fourth-order valence-electron chi connectivity index (χ4n) is 2.52. The first-order chi connectivity index (χ1) is 9.54. The van der Waals surface area contributed by atoms with Crippen molar-refractivity contribution in [3.05, 3.63) is 35.4 Å². The summed E-state index contributed by atoms with van der Waals surface area (Å²) in [6, 6.07) is 5.91. The molecule has 5 nitrogen and oxygen atoms in total. The van der Waals surface area contributed by atoms with Gasteiger partial charge in [-0.3, -0.25) is 14.4 Å². The Morgan fingerprint density at radius 3 is 2.35 bits per heavy atom. The SMILES string of the molecule is CCC(=O)[C@@H]1CCCN1C(=O)c1ccc(C(N)=O)cc1. The number of hydrogen-bond acceptors (Lipinski definition) is 3. The molecule has 1 heterocycles. The first kappa shape index (κ1) is 14.2. The molecule has 0 unspecified atom stereocenters. The van der Waals surface area contributed by atoms with Crippen LogP contribution in [0.3, 0.4) is 0 Å². The van der Waals surface area contributed by atoms with Crippen LogP contribution in [0.4, 0.5) is 0 Å². The van der Waals surface area contributed by atoms with Gasteiger partial charge in [-0.05, 0) is 37.1 Å². The summed E-state index contributed by atoms with van der Waals surface area (Å²) in [6.45, 7) is 2.41. The van der Waals surface area contributed by atoms with E-state index < -0.39 is 5.91 Å². The molecule has 0 aliphatic carbocycles. The van der Waals surface area contributed by atoms with Crippen LogP contribution < -0.4 is 5.73 Å². The van der Waals surface area contributed by atoms with Gasteiger partial charge < -0.3 is 10.6 Å². The van der Waals surface area contributed by atoms with Gasteiger partial charge in [0.1, 0.15) is 0 Å². The number of Topliss-reactive ketones (excluding diaryl/α,β-unsaturated/α-hetero) is 1. The minimum absolute atomic E-state index is 0.101. The van der Waals surface area contributed by atoms with Gasteiger partial charge in [-0.1, -0.05) is 6.92 Å². The van der Waals surface area contributed by atoms with Crippen molar-refractivity contribution in [2.45, 2.75) is 32.2 Å². The highest BCUT2D eigenvalue weighted by Crippen LogP contribution is 2.22. The number of primary amides is 1. The van der Waals surface area contributed by atoms with Gasteiger partial charge in [-0.15, -0.1) is 0 Å². The zero-order valence-electron chi connectivity index (χ0n) is 11.5. The van der Waals surface area contributed by atoms with E-state index in [4.69, 9.17) is 5.73 Å². The maximum absolute atomic E-state index is 12.4. The van der Waals surface area contributed by atoms with Crippen molar-refractivity contribution in [2.24, 2.45) is 5.73 Å². The second kappa shape index (κ2) is 5.86. The van der Waals surface area contributed by atoms with E-state index in [1.165, 1.54) is 12.1 Å². The van der Waals surface area contributed by atoms with Gasteiger partial charge in [0.05, 0.1) is 6.04 Å². The van der Waals surface area contributed by atoms with Gasteiger partial charge in [-0.25, -0.2) is 0 Å². The van der Waals surface area contributed by atoms with Crippen LogP contribution in [0.5, 0.6) is 0 Å². The zero-order chi connectivity index (χ0) is 14.7. The molecule has 1 atom stereocenters. The molecule has 2 rings (SSSR count). The molecular weight excluding hydrogens is 256 g/mol. The number of amides is 2. The van der Waals surface area contributed by atoms with E-state index in [1.54, 1.807) is 17.0 Å². The Morgan fingerprint density at radius 1 is 1.20 bits per heavy atom. The van der Waals surface area contributed by atoms with Crippen LogP contribution in [0, 0.1) is 0 Å². The lowest BCUT2D eigenvalue weighted by molar-refractivity contribution is -0.122. The average Bonchev–Trinajstić information content (AvgIpc) is 2.95. The number of carbonyl (C=O) groups is 3. The van der Waals surface area contributed by atoms with Crippen molar-refractivity contribution in [3.63, 3.8) is 0 Å². The molecule has 2 amide bonds. The molecule has 0 aromatic heterocycles. The summed E-state index contributed by atoms with van der Waals surface area (Å²) in [4.78, 5) is 36.9. The number of nitrogens with zero attached hydrogens (tertiary/aromatic N) is 1. The molecule has 0 bridgehead atoms. The van der Waals surface area contributed by atoms with Crippen molar-refractivity contribution in [2.75, 3.05) is 6.54 Å². The Bertz CT molecular complexity index is 537. The van der Waals surface area contributed by atoms with Crippen LogP contribution in [-0.4, -0.2) is 35.1 Å². The quantitative estimate of drug-likeness (QED) is 0.900. The summed E-state index contributed by atoms with van der Waals surface area (Å²) in [5.41, 5.74) is 6.01. The molecule has 1 fully saturated rings. The highest BCUT2D eigenvalue weighted by molar-refractivity contribution is 5.99. The van der Waals surface area contributed by atoms with Gasteiger partial charge >= 0.3 is 0 Å². The molecule has 1 aromatic carbocycles. The van der Waals surface area contributed by atoms with E-state index >= 15 is 0 Å². The molecule has 1 aliphatic rings. The summed E-state index contributed by atoms with van der Waals surface area (Å²) in [6.07, 6.45) is 2.02. The number of nitrogens with two attached hydrogens (primary N) is 1. The van der Waals surface area contributed by atoms with E-state index in [0.717, 1.165) is 12.8 Å². The predicted octanol–water partition coefficient (Wildman–Crippen LogP) is 1.37. The number of benzene rings is 1. The van der Waals surface area contributed by atoms with Crippen molar-refractivity contribution < 1.29 is 14.4 Å². The maximum atomic E-state index is 12.4. The second-order valence-electron chi connectivity index (χ2n) is 4.92. The fourth-order valence-corrected chi connectivity index (χ4v) is 2.52. The fraction of sp³-hybridized carbons (Fsp3) is 0.400. The molecule has 1 aromatic rings. The zero-order valence-corrected chi connectivity index (χ0v) is 11.5. The van der Waals surface area contributed by atoms with E-state index in [-0.39, 0.29) is 17.7 Å².